The highest BCUT2D eigenvalue weighted by molar-refractivity contribution is 6.25. The molecule has 0 aromatic rings. The molecule has 244 valence electrons. The summed E-state index contributed by atoms with van der Waals surface area (Å²) < 4.78 is 11.4. The number of cyclic esters (lactones) is 2. The summed E-state index contributed by atoms with van der Waals surface area (Å²) in [6.45, 7) is 7.64. The summed E-state index contributed by atoms with van der Waals surface area (Å²) in [7, 11) is 0. The van der Waals surface area contributed by atoms with Crippen LogP contribution in [-0.2, 0) is 28.7 Å². The maximum Gasteiger partial charge on any atom is 0.342 e. The molecule has 2 N–H and O–H groups in total. The molecule has 4 atom stereocenters. The Morgan fingerprint density at radius 3 is 1.82 bits per heavy atom. The Bertz CT molecular complexity index is 1200. The Morgan fingerprint density at radius 1 is 0.773 bits per heavy atom. The van der Waals surface area contributed by atoms with Crippen LogP contribution in [-0.4, -0.2) is 57.1 Å². The molecule has 4 rings (SSSR count). The second-order valence-corrected chi connectivity index (χ2v) is 13.6. The third kappa shape index (κ3) is 7.61. The van der Waals surface area contributed by atoms with E-state index in [0.717, 1.165) is 57.8 Å². The summed E-state index contributed by atoms with van der Waals surface area (Å²) in [6, 6.07) is 0. The van der Waals surface area contributed by atoms with Crippen molar-refractivity contribution in [1.82, 2.24) is 0 Å². The lowest BCUT2D eigenvalue weighted by molar-refractivity contribution is -0.150. The molecule has 8 nitrogen and oxygen atoms in total. The van der Waals surface area contributed by atoms with E-state index in [9.17, 15) is 29.4 Å². The molecule has 4 unspecified atom stereocenters. The molecular formula is C36H52O8. The van der Waals surface area contributed by atoms with Gasteiger partial charge in [0.25, 0.3) is 0 Å². The molecule has 0 spiro atoms. The second kappa shape index (κ2) is 14.7. The van der Waals surface area contributed by atoms with Gasteiger partial charge < -0.3 is 19.7 Å². The van der Waals surface area contributed by atoms with E-state index >= 15 is 0 Å². The van der Waals surface area contributed by atoms with Crippen LogP contribution in [0.1, 0.15) is 130 Å². The Morgan fingerprint density at radius 2 is 1.30 bits per heavy atom. The van der Waals surface area contributed by atoms with Crippen molar-refractivity contribution in [2.75, 3.05) is 0 Å². The lowest BCUT2D eigenvalue weighted by atomic mass is 9.73. The number of rotatable bonds is 19. The van der Waals surface area contributed by atoms with E-state index in [1.165, 1.54) is 6.42 Å². The number of hydrogen-bond acceptors (Lipinski definition) is 8. The highest BCUT2D eigenvalue weighted by Crippen LogP contribution is 2.56. The average Bonchev–Trinajstić information content (AvgIpc) is 3.87. The number of Topliss-reactive ketones (excluding diaryl/α,β-unsaturated/α-hetero) is 2. The minimum absolute atomic E-state index is 0.137. The van der Waals surface area contributed by atoms with Crippen LogP contribution in [0.5, 0.6) is 0 Å². The molecule has 2 saturated carbocycles. The van der Waals surface area contributed by atoms with Crippen LogP contribution in [0.15, 0.2) is 34.4 Å². The molecule has 8 heteroatoms. The molecule has 0 radical (unpaired) electrons. The number of allylic oxidation sites excluding steroid dienone is 4. The fourth-order valence-electron chi connectivity index (χ4n) is 6.66. The Hall–Kier alpha value is -2.58. The smallest absolute Gasteiger partial charge is 0.342 e. The number of carbonyl (C=O) groups is 4. The van der Waals surface area contributed by atoms with Gasteiger partial charge in [-0.2, -0.15) is 0 Å². The standard InChI is InChI=1S/C36H52O8/c1-5-7-9-11-13-15-17-23(3)29(37)27-25(31(43-33(27)39)35(41)19-20-35)26-28(34(40)44-32(26)36(42)21-22-36)30(38)24(4)18-16-14-12-10-8-6-2/h17-18,25,27,31-32,41-42H,5-16,19-22H2,1-4H3. The molecule has 2 aliphatic heterocycles. The first kappa shape index (κ1) is 34.3. The number of ether oxygens (including phenoxy) is 2. The molecule has 1 saturated heterocycles. The molecular weight excluding hydrogens is 560 g/mol. The minimum Gasteiger partial charge on any atom is -0.458 e. The van der Waals surface area contributed by atoms with Crippen molar-refractivity contribution in [1.29, 1.82) is 0 Å². The quantitative estimate of drug-likeness (QED) is 0.0583. The van der Waals surface area contributed by atoms with E-state index in [2.05, 4.69) is 13.8 Å². The summed E-state index contributed by atoms with van der Waals surface area (Å²) in [5, 5.41) is 22.5. The van der Waals surface area contributed by atoms with Crippen LogP contribution >= 0.6 is 0 Å². The molecule has 4 aliphatic rings. The van der Waals surface area contributed by atoms with Gasteiger partial charge in [0.1, 0.15) is 28.8 Å². The van der Waals surface area contributed by atoms with Gasteiger partial charge >= 0.3 is 11.9 Å². The van der Waals surface area contributed by atoms with Gasteiger partial charge in [0, 0.05) is 5.92 Å². The molecule has 2 aliphatic carbocycles. The summed E-state index contributed by atoms with van der Waals surface area (Å²) in [6.07, 6.45) is 15.0. The number of carbonyl (C=O) groups excluding carboxylic acids is 4. The van der Waals surface area contributed by atoms with Crippen molar-refractivity contribution < 1.29 is 38.9 Å². The Labute approximate surface area is 262 Å². The van der Waals surface area contributed by atoms with Gasteiger partial charge in [-0.15, -0.1) is 0 Å². The van der Waals surface area contributed by atoms with Crippen molar-refractivity contribution in [2.45, 2.75) is 154 Å². The fourth-order valence-corrected chi connectivity index (χ4v) is 6.66. The first-order valence-electron chi connectivity index (χ1n) is 17.0. The van der Waals surface area contributed by atoms with Gasteiger partial charge in [-0.1, -0.05) is 77.4 Å². The largest absolute Gasteiger partial charge is 0.458 e. The maximum absolute atomic E-state index is 13.9. The van der Waals surface area contributed by atoms with E-state index in [-0.39, 0.29) is 11.1 Å². The molecule has 0 bridgehead atoms. The monoisotopic (exact) mass is 612 g/mol. The molecule has 0 aromatic carbocycles. The van der Waals surface area contributed by atoms with E-state index in [4.69, 9.17) is 9.47 Å². The number of ketones is 2. The highest BCUT2D eigenvalue weighted by atomic mass is 16.6. The fraction of sp³-hybridized carbons (Fsp3) is 0.722. The van der Waals surface area contributed by atoms with Gasteiger partial charge in [0.15, 0.2) is 17.7 Å². The predicted octanol–water partition coefficient (Wildman–Crippen LogP) is 6.17. The number of esters is 2. The van der Waals surface area contributed by atoms with Crippen molar-refractivity contribution in [3.63, 3.8) is 0 Å². The molecule has 44 heavy (non-hydrogen) atoms. The van der Waals surface area contributed by atoms with Crippen molar-refractivity contribution in [3.05, 3.63) is 34.4 Å². The normalized spacial score (nSPS) is 27.4. The van der Waals surface area contributed by atoms with Crippen LogP contribution in [0.4, 0.5) is 0 Å². The van der Waals surface area contributed by atoms with Crippen LogP contribution in [0.3, 0.4) is 0 Å². The van der Waals surface area contributed by atoms with E-state index < -0.39 is 58.8 Å². The third-order valence-electron chi connectivity index (χ3n) is 9.86. The van der Waals surface area contributed by atoms with Gasteiger partial charge in [0.05, 0.1) is 0 Å². The molecule has 0 amide bonds. The topological polar surface area (TPSA) is 127 Å². The van der Waals surface area contributed by atoms with Crippen LogP contribution in [0.2, 0.25) is 0 Å². The van der Waals surface area contributed by atoms with Crippen LogP contribution < -0.4 is 0 Å². The predicted molar refractivity (Wildman–Crippen MR) is 166 cm³/mol. The lowest BCUT2D eigenvalue weighted by Crippen LogP contribution is -2.43. The zero-order valence-corrected chi connectivity index (χ0v) is 27.1. The van der Waals surface area contributed by atoms with Gasteiger partial charge in [-0.25, -0.2) is 4.79 Å². The van der Waals surface area contributed by atoms with Crippen molar-refractivity contribution >= 4 is 23.5 Å². The second-order valence-electron chi connectivity index (χ2n) is 13.6. The van der Waals surface area contributed by atoms with E-state index in [0.29, 0.717) is 49.7 Å². The minimum atomic E-state index is -1.39. The van der Waals surface area contributed by atoms with Crippen molar-refractivity contribution in [3.8, 4) is 0 Å². The first-order chi connectivity index (χ1) is 21.0. The van der Waals surface area contributed by atoms with Gasteiger partial charge in [-0.3, -0.25) is 14.4 Å². The third-order valence-corrected chi connectivity index (χ3v) is 9.86. The zero-order chi connectivity index (χ0) is 32.1. The molecule has 2 heterocycles. The van der Waals surface area contributed by atoms with Crippen LogP contribution in [0, 0.1) is 11.8 Å². The number of aliphatic hydroxyl groups is 2. The zero-order valence-electron chi connectivity index (χ0n) is 27.1. The first-order valence-corrected chi connectivity index (χ1v) is 17.0. The van der Waals surface area contributed by atoms with E-state index in [1.54, 1.807) is 13.8 Å². The van der Waals surface area contributed by atoms with Gasteiger partial charge in [0.2, 0.25) is 0 Å². The summed E-state index contributed by atoms with van der Waals surface area (Å²) in [5.74, 6) is -5.06. The summed E-state index contributed by atoms with van der Waals surface area (Å²) in [4.78, 5) is 54.7. The average molecular weight is 613 g/mol. The molecule has 3 fully saturated rings. The summed E-state index contributed by atoms with van der Waals surface area (Å²) >= 11 is 0. The SMILES string of the molecule is CCCCCCCC=C(C)C(=O)C1=C(C2C(C(=O)C(C)=CCCCCCCC)C(=O)OC2C2(O)CC2)C(C2(O)CC2)OC1=O. The summed E-state index contributed by atoms with van der Waals surface area (Å²) in [5.41, 5.74) is -2.05. The van der Waals surface area contributed by atoms with Crippen LogP contribution in [0.25, 0.3) is 0 Å². The Balaban J connectivity index is 1.68. The lowest BCUT2D eigenvalue weighted by Gasteiger charge is -2.30. The molecule has 0 aromatic heterocycles. The number of hydrogen-bond donors (Lipinski definition) is 2. The van der Waals surface area contributed by atoms with Crippen molar-refractivity contribution in [2.24, 2.45) is 11.8 Å². The Kier molecular flexibility index (Phi) is 11.4. The van der Waals surface area contributed by atoms with E-state index in [1.807, 2.05) is 12.2 Å². The maximum atomic E-state index is 13.9. The van der Waals surface area contributed by atoms with Gasteiger partial charge in [-0.05, 0) is 81.9 Å². The number of unbranched alkanes of at least 4 members (excludes halogenated alkanes) is 10. The highest BCUT2D eigenvalue weighted by Gasteiger charge is 2.67.